The zero-order valence-electron chi connectivity index (χ0n) is 18.4. The molecule has 1 saturated carbocycles. The highest BCUT2D eigenvalue weighted by atomic mass is 16.5. The summed E-state index contributed by atoms with van der Waals surface area (Å²) in [5, 5.41) is 11.3. The molecule has 0 unspecified atom stereocenters. The molecule has 0 atom stereocenters. The van der Waals surface area contributed by atoms with Crippen molar-refractivity contribution in [1.29, 1.82) is 0 Å². The Balaban J connectivity index is 1.51. The van der Waals surface area contributed by atoms with Crippen LogP contribution in [0.2, 0.25) is 0 Å². The van der Waals surface area contributed by atoms with Crippen molar-refractivity contribution < 1.29 is 14.6 Å². The minimum atomic E-state index is -0.774. The normalized spacial score (nSPS) is 16.9. The molecule has 32 heavy (non-hydrogen) atoms. The third-order valence-electron chi connectivity index (χ3n) is 6.46. The lowest BCUT2D eigenvalue weighted by Gasteiger charge is -2.26. The SMILES string of the molecule is O=C(O)CCc1cccc2c(-c3ncc(CN4CCCCC4)cc3OC3CC3)cccc12. The van der Waals surface area contributed by atoms with Crippen LogP contribution in [-0.2, 0) is 17.8 Å². The van der Waals surface area contributed by atoms with Gasteiger partial charge in [0.2, 0.25) is 0 Å². The van der Waals surface area contributed by atoms with Gasteiger partial charge in [-0.15, -0.1) is 0 Å². The second kappa shape index (κ2) is 9.29. The molecule has 5 rings (SSSR count). The van der Waals surface area contributed by atoms with Gasteiger partial charge in [0.25, 0.3) is 0 Å². The van der Waals surface area contributed by atoms with Gasteiger partial charge in [0.15, 0.2) is 0 Å². The molecule has 0 radical (unpaired) electrons. The van der Waals surface area contributed by atoms with Crippen molar-refractivity contribution in [1.82, 2.24) is 9.88 Å². The molecule has 2 heterocycles. The predicted molar refractivity (Wildman–Crippen MR) is 126 cm³/mol. The van der Waals surface area contributed by atoms with Gasteiger partial charge in [-0.1, -0.05) is 42.8 Å². The van der Waals surface area contributed by atoms with Crippen molar-refractivity contribution in [2.75, 3.05) is 13.1 Å². The fraction of sp³-hybridized carbons (Fsp3) is 0.407. The van der Waals surface area contributed by atoms with E-state index in [1.54, 1.807) is 0 Å². The Hall–Kier alpha value is -2.92. The van der Waals surface area contributed by atoms with Crippen molar-refractivity contribution in [3.8, 4) is 17.0 Å². The van der Waals surface area contributed by atoms with Crippen LogP contribution in [0.3, 0.4) is 0 Å². The number of aromatic nitrogens is 1. The predicted octanol–water partition coefficient (Wildman–Crippen LogP) is 5.45. The summed E-state index contributed by atoms with van der Waals surface area (Å²) >= 11 is 0. The summed E-state index contributed by atoms with van der Waals surface area (Å²) in [6.45, 7) is 3.23. The van der Waals surface area contributed by atoms with E-state index in [0.29, 0.717) is 12.5 Å². The van der Waals surface area contributed by atoms with E-state index >= 15 is 0 Å². The van der Waals surface area contributed by atoms with Gasteiger partial charge in [-0.05, 0) is 73.2 Å². The van der Waals surface area contributed by atoms with Crippen LogP contribution < -0.4 is 4.74 Å². The lowest BCUT2D eigenvalue weighted by Crippen LogP contribution is -2.29. The van der Waals surface area contributed by atoms with Crippen LogP contribution in [0.1, 0.15) is 49.7 Å². The fourth-order valence-electron chi connectivity index (χ4n) is 4.65. The van der Waals surface area contributed by atoms with Gasteiger partial charge >= 0.3 is 5.97 Å². The summed E-state index contributed by atoms with van der Waals surface area (Å²) in [7, 11) is 0. The zero-order chi connectivity index (χ0) is 21.9. The summed E-state index contributed by atoms with van der Waals surface area (Å²) in [6, 6.07) is 14.5. The Morgan fingerprint density at radius 3 is 2.62 bits per heavy atom. The molecule has 2 aromatic carbocycles. The van der Waals surface area contributed by atoms with Gasteiger partial charge in [0.05, 0.1) is 6.10 Å². The maximum atomic E-state index is 11.1. The molecule has 5 nitrogen and oxygen atoms in total. The molecular formula is C27H30N2O3. The number of fused-ring (bicyclic) bond motifs is 1. The molecule has 0 bridgehead atoms. The molecule has 5 heteroatoms. The molecule has 1 aliphatic heterocycles. The van der Waals surface area contributed by atoms with Gasteiger partial charge in [-0.25, -0.2) is 0 Å². The van der Waals surface area contributed by atoms with E-state index in [1.807, 2.05) is 24.4 Å². The Morgan fingerprint density at radius 1 is 1.06 bits per heavy atom. The van der Waals surface area contributed by atoms with Crippen LogP contribution in [0.4, 0.5) is 0 Å². The molecule has 166 valence electrons. The average Bonchev–Trinajstić information content (AvgIpc) is 3.62. The number of rotatable bonds is 8. The number of hydrogen-bond donors (Lipinski definition) is 1. The van der Waals surface area contributed by atoms with E-state index in [0.717, 1.165) is 65.8 Å². The smallest absolute Gasteiger partial charge is 0.303 e. The van der Waals surface area contributed by atoms with E-state index < -0.39 is 5.97 Å². The summed E-state index contributed by atoms with van der Waals surface area (Å²) in [5.74, 6) is 0.0923. The van der Waals surface area contributed by atoms with E-state index in [2.05, 4.69) is 29.2 Å². The third kappa shape index (κ3) is 4.78. The van der Waals surface area contributed by atoms with Gasteiger partial charge in [-0.2, -0.15) is 0 Å². The minimum Gasteiger partial charge on any atom is -0.488 e. The van der Waals surface area contributed by atoms with Crippen molar-refractivity contribution in [3.05, 3.63) is 59.8 Å². The number of nitrogens with zero attached hydrogens (tertiary/aromatic N) is 2. The van der Waals surface area contributed by atoms with Crippen LogP contribution in [0.5, 0.6) is 5.75 Å². The second-order valence-corrected chi connectivity index (χ2v) is 9.06. The van der Waals surface area contributed by atoms with Crippen LogP contribution in [0, 0.1) is 0 Å². The van der Waals surface area contributed by atoms with E-state index in [9.17, 15) is 4.79 Å². The van der Waals surface area contributed by atoms with E-state index in [4.69, 9.17) is 14.8 Å². The highest BCUT2D eigenvalue weighted by molar-refractivity contribution is 5.98. The molecule has 1 aliphatic carbocycles. The standard InChI is InChI=1S/C27H30N2O3/c30-26(31)13-10-20-6-4-8-23-22(20)7-5-9-24(23)27-25(32-21-11-12-21)16-19(17-28-27)18-29-14-2-1-3-15-29/h4-9,16-17,21H,1-3,10-15,18H2,(H,30,31). The zero-order valence-corrected chi connectivity index (χ0v) is 18.4. The van der Waals surface area contributed by atoms with Crippen LogP contribution in [0.25, 0.3) is 22.0 Å². The van der Waals surface area contributed by atoms with Crippen molar-refractivity contribution in [2.45, 2.75) is 57.6 Å². The molecular weight excluding hydrogens is 400 g/mol. The first-order valence-electron chi connectivity index (χ1n) is 11.8. The molecule has 3 aromatic rings. The highest BCUT2D eigenvalue weighted by Crippen LogP contribution is 2.38. The van der Waals surface area contributed by atoms with E-state index in [-0.39, 0.29) is 6.42 Å². The molecule has 1 N–H and O–H groups in total. The lowest BCUT2D eigenvalue weighted by molar-refractivity contribution is -0.136. The number of hydrogen-bond acceptors (Lipinski definition) is 4. The minimum absolute atomic E-state index is 0.128. The maximum Gasteiger partial charge on any atom is 0.303 e. The lowest BCUT2D eigenvalue weighted by atomic mass is 9.95. The monoisotopic (exact) mass is 430 g/mol. The second-order valence-electron chi connectivity index (χ2n) is 9.06. The number of benzene rings is 2. The average molecular weight is 431 g/mol. The molecule has 2 fully saturated rings. The van der Waals surface area contributed by atoms with Gasteiger partial charge < -0.3 is 9.84 Å². The van der Waals surface area contributed by atoms with Crippen LogP contribution >= 0.6 is 0 Å². The number of carboxylic acids is 1. The molecule has 0 spiro atoms. The number of aryl methyl sites for hydroxylation is 1. The molecule has 0 amide bonds. The van der Waals surface area contributed by atoms with Crippen LogP contribution in [0.15, 0.2) is 48.7 Å². The summed E-state index contributed by atoms with van der Waals surface area (Å²) in [5.41, 5.74) is 4.17. The highest BCUT2D eigenvalue weighted by Gasteiger charge is 2.26. The van der Waals surface area contributed by atoms with Gasteiger partial charge in [0.1, 0.15) is 11.4 Å². The first kappa shape index (κ1) is 21.0. The van der Waals surface area contributed by atoms with Crippen LogP contribution in [-0.4, -0.2) is 40.2 Å². The number of carboxylic acid groups (broad SMARTS) is 1. The van der Waals surface area contributed by atoms with Gasteiger partial charge in [-0.3, -0.25) is 14.7 Å². The Kier molecular flexibility index (Phi) is 6.08. The first-order valence-corrected chi connectivity index (χ1v) is 11.8. The summed E-state index contributed by atoms with van der Waals surface area (Å²) in [6.07, 6.45) is 9.02. The van der Waals surface area contributed by atoms with Crippen molar-refractivity contribution in [3.63, 3.8) is 0 Å². The summed E-state index contributed by atoms with van der Waals surface area (Å²) < 4.78 is 6.34. The largest absolute Gasteiger partial charge is 0.488 e. The Labute approximate surface area is 189 Å². The quantitative estimate of drug-likeness (QED) is 0.515. The maximum absolute atomic E-state index is 11.1. The van der Waals surface area contributed by atoms with Gasteiger partial charge in [0, 0.05) is 24.7 Å². The molecule has 1 aromatic heterocycles. The first-order chi connectivity index (χ1) is 15.7. The van der Waals surface area contributed by atoms with E-state index in [1.165, 1.54) is 24.8 Å². The molecule has 2 aliphatic rings. The topological polar surface area (TPSA) is 62.7 Å². The number of carbonyl (C=O) groups is 1. The number of likely N-dealkylation sites (tertiary alicyclic amines) is 1. The number of ether oxygens (including phenoxy) is 1. The number of piperidine rings is 1. The number of pyridine rings is 1. The summed E-state index contributed by atoms with van der Waals surface area (Å²) in [4.78, 5) is 18.5. The fourth-order valence-corrected chi connectivity index (χ4v) is 4.65. The Bertz CT molecular complexity index is 1120. The van der Waals surface area contributed by atoms with Crippen molar-refractivity contribution >= 4 is 16.7 Å². The molecule has 1 saturated heterocycles. The third-order valence-corrected chi connectivity index (χ3v) is 6.46. The Morgan fingerprint density at radius 2 is 1.84 bits per heavy atom. The number of aliphatic carboxylic acids is 1. The van der Waals surface area contributed by atoms with Crippen molar-refractivity contribution in [2.24, 2.45) is 0 Å².